The van der Waals surface area contributed by atoms with Gasteiger partial charge in [-0.3, -0.25) is 0 Å². The Morgan fingerprint density at radius 3 is 2.77 bits per heavy atom. The van der Waals surface area contributed by atoms with Crippen molar-refractivity contribution >= 4 is 16.5 Å². The highest BCUT2D eigenvalue weighted by Crippen LogP contribution is 2.26. The van der Waals surface area contributed by atoms with Crippen LogP contribution in [0.1, 0.15) is 32.6 Å². The Bertz CT molecular complexity index is 239. The van der Waals surface area contributed by atoms with Crippen LogP contribution < -0.4 is 5.32 Å². The first kappa shape index (κ1) is 8.94. The molecule has 3 nitrogen and oxygen atoms in total. The van der Waals surface area contributed by atoms with Crippen molar-refractivity contribution in [1.82, 2.24) is 10.2 Å². The summed E-state index contributed by atoms with van der Waals surface area (Å²) in [6, 6.07) is 0.629. The van der Waals surface area contributed by atoms with Crippen molar-refractivity contribution in [3.8, 4) is 0 Å². The van der Waals surface area contributed by atoms with E-state index in [2.05, 4.69) is 22.4 Å². The number of aromatic nitrogens is 2. The van der Waals surface area contributed by atoms with Crippen LogP contribution in [0.15, 0.2) is 5.51 Å². The molecule has 1 aromatic rings. The number of nitrogens with one attached hydrogen (secondary N) is 1. The van der Waals surface area contributed by atoms with Crippen LogP contribution in [0, 0.1) is 5.92 Å². The molecule has 1 saturated carbocycles. The zero-order valence-corrected chi connectivity index (χ0v) is 8.68. The lowest BCUT2D eigenvalue weighted by Crippen LogP contribution is -2.25. The Morgan fingerprint density at radius 2 is 2.15 bits per heavy atom. The van der Waals surface area contributed by atoms with Crippen molar-refractivity contribution in [1.29, 1.82) is 0 Å². The molecule has 2 rings (SSSR count). The van der Waals surface area contributed by atoms with E-state index in [1.807, 2.05) is 0 Å². The first-order valence-electron chi connectivity index (χ1n) is 4.87. The minimum Gasteiger partial charge on any atom is -0.357 e. The maximum atomic E-state index is 3.99. The van der Waals surface area contributed by atoms with Gasteiger partial charge in [0.2, 0.25) is 5.13 Å². The lowest BCUT2D eigenvalue weighted by Gasteiger charge is -2.26. The fourth-order valence-electron chi connectivity index (χ4n) is 1.81. The normalized spacial score (nSPS) is 28.7. The molecular formula is C9H15N3S. The Hall–Kier alpha value is -0.640. The first-order chi connectivity index (χ1) is 6.34. The van der Waals surface area contributed by atoms with E-state index in [1.165, 1.54) is 25.7 Å². The van der Waals surface area contributed by atoms with E-state index >= 15 is 0 Å². The number of anilines is 1. The van der Waals surface area contributed by atoms with Crippen LogP contribution in [-0.2, 0) is 0 Å². The Morgan fingerprint density at radius 1 is 1.38 bits per heavy atom. The van der Waals surface area contributed by atoms with Crippen LogP contribution >= 0.6 is 11.3 Å². The summed E-state index contributed by atoms with van der Waals surface area (Å²) in [5.41, 5.74) is 1.77. The molecule has 0 amide bonds. The monoisotopic (exact) mass is 197 g/mol. The highest BCUT2D eigenvalue weighted by molar-refractivity contribution is 7.13. The molecule has 1 fully saturated rings. The van der Waals surface area contributed by atoms with Crippen LogP contribution in [0.2, 0.25) is 0 Å². The Balaban J connectivity index is 1.83. The summed E-state index contributed by atoms with van der Waals surface area (Å²) >= 11 is 1.58. The minimum atomic E-state index is 0.629. The molecule has 0 spiro atoms. The van der Waals surface area contributed by atoms with Gasteiger partial charge in [-0.05, 0) is 31.6 Å². The van der Waals surface area contributed by atoms with Gasteiger partial charge in [-0.1, -0.05) is 18.3 Å². The molecule has 0 aromatic carbocycles. The van der Waals surface area contributed by atoms with E-state index in [0.29, 0.717) is 6.04 Å². The molecule has 0 atom stereocenters. The summed E-state index contributed by atoms with van der Waals surface area (Å²) in [7, 11) is 0. The van der Waals surface area contributed by atoms with Gasteiger partial charge in [-0.15, -0.1) is 10.2 Å². The zero-order chi connectivity index (χ0) is 9.10. The summed E-state index contributed by atoms with van der Waals surface area (Å²) in [4.78, 5) is 0. The van der Waals surface area contributed by atoms with Crippen molar-refractivity contribution in [2.24, 2.45) is 5.92 Å². The van der Waals surface area contributed by atoms with Gasteiger partial charge >= 0.3 is 0 Å². The number of rotatable bonds is 2. The second kappa shape index (κ2) is 4.05. The predicted octanol–water partition coefficient (Wildman–Crippen LogP) is 2.53. The molecule has 1 aliphatic carbocycles. The van der Waals surface area contributed by atoms with Crippen molar-refractivity contribution in [2.45, 2.75) is 38.6 Å². The standard InChI is InChI=1S/C9H15N3S/c1-7-2-4-8(5-3-7)11-9-12-10-6-13-9/h6-8H,2-5H2,1H3,(H,11,12). The molecule has 4 heteroatoms. The van der Waals surface area contributed by atoms with Crippen LogP contribution in [0.25, 0.3) is 0 Å². The van der Waals surface area contributed by atoms with E-state index in [1.54, 1.807) is 16.8 Å². The second-order valence-electron chi connectivity index (χ2n) is 3.85. The third kappa shape index (κ3) is 2.40. The number of hydrogen-bond acceptors (Lipinski definition) is 4. The third-order valence-corrected chi connectivity index (χ3v) is 3.33. The van der Waals surface area contributed by atoms with E-state index in [9.17, 15) is 0 Å². The summed E-state index contributed by atoms with van der Waals surface area (Å²) in [5, 5.41) is 12.2. The molecule has 0 radical (unpaired) electrons. The second-order valence-corrected chi connectivity index (χ2v) is 4.68. The molecule has 0 unspecified atom stereocenters. The lowest BCUT2D eigenvalue weighted by atomic mass is 9.87. The van der Waals surface area contributed by atoms with E-state index in [-0.39, 0.29) is 0 Å². The van der Waals surface area contributed by atoms with Gasteiger partial charge in [0.15, 0.2) is 0 Å². The van der Waals surface area contributed by atoms with Crippen LogP contribution in [0.4, 0.5) is 5.13 Å². The first-order valence-corrected chi connectivity index (χ1v) is 5.75. The quantitative estimate of drug-likeness (QED) is 0.791. The SMILES string of the molecule is CC1CCC(Nc2nncs2)CC1. The molecule has 0 aliphatic heterocycles. The molecule has 0 bridgehead atoms. The van der Waals surface area contributed by atoms with Gasteiger partial charge < -0.3 is 5.32 Å². The van der Waals surface area contributed by atoms with Gasteiger partial charge in [0.1, 0.15) is 5.51 Å². The van der Waals surface area contributed by atoms with Gasteiger partial charge in [0.05, 0.1) is 0 Å². The third-order valence-electron chi connectivity index (χ3n) is 2.70. The smallest absolute Gasteiger partial charge is 0.205 e. The average Bonchev–Trinajstić information content (AvgIpc) is 2.62. The van der Waals surface area contributed by atoms with E-state index in [0.717, 1.165) is 11.0 Å². The highest BCUT2D eigenvalue weighted by Gasteiger charge is 2.18. The average molecular weight is 197 g/mol. The predicted molar refractivity (Wildman–Crippen MR) is 55.0 cm³/mol. The largest absolute Gasteiger partial charge is 0.357 e. The molecule has 1 N–H and O–H groups in total. The summed E-state index contributed by atoms with van der Waals surface area (Å²) in [5.74, 6) is 0.910. The molecular weight excluding hydrogens is 182 g/mol. The van der Waals surface area contributed by atoms with Crippen LogP contribution in [0.5, 0.6) is 0 Å². The molecule has 72 valence electrons. The molecule has 1 aliphatic rings. The lowest BCUT2D eigenvalue weighted by molar-refractivity contribution is 0.361. The van der Waals surface area contributed by atoms with Gasteiger partial charge in [0.25, 0.3) is 0 Å². The number of nitrogens with zero attached hydrogens (tertiary/aromatic N) is 2. The van der Waals surface area contributed by atoms with Crippen molar-refractivity contribution < 1.29 is 0 Å². The molecule has 1 heterocycles. The minimum absolute atomic E-state index is 0.629. The Kier molecular flexibility index (Phi) is 2.78. The van der Waals surface area contributed by atoms with Crippen molar-refractivity contribution in [3.05, 3.63) is 5.51 Å². The van der Waals surface area contributed by atoms with Crippen LogP contribution in [0.3, 0.4) is 0 Å². The summed E-state index contributed by atoms with van der Waals surface area (Å²) in [6.45, 7) is 2.33. The fraction of sp³-hybridized carbons (Fsp3) is 0.778. The molecule has 0 saturated heterocycles. The van der Waals surface area contributed by atoms with E-state index in [4.69, 9.17) is 0 Å². The molecule has 1 aromatic heterocycles. The van der Waals surface area contributed by atoms with E-state index < -0.39 is 0 Å². The van der Waals surface area contributed by atoms with Crippen molar-refractivity contribution in [2.75, 3.05) is 5.32 Å². The van der Waals surface area contributed by atoms with Gasteiger partial charge in [-0.25, -0.2) is 0 Å². The molecule has 13 heavy (non-hydrogen) atoms. The number of hydrogen-bond donors (Lipinski definition) is 1. The van der Waals surface area contributed by atoms with Gasteiger partial charge in [0, 0.05) is 6.04 Å². The van der Waals surface area contributed by atoms with Gasteiger partial charge in [-0.2, -0.15) is 0 Å². The Labute approximate surface area is 82.6 Å². The van der Waals surface area contributed by atoms with Crippen LogP contribution in [-0.4, -0.2) is 16.2 Å². The topological polar surface area (TPSA) is 37.8 Å². The maximum absolute atomic E-state index is 3.99. The highest BCUT2D eigenvalue weighted by atomic mass is 32.1. The zero-order valence-electron chi connectivity index (χ0n) is 7.86. The summed E-state index contributed by atoms with van der Waals surface area (Å²) in [6.07, 6.45) is 5.24. The maximum Gasteiger partial charge on any atom is 0.205 e. The fourth-order valence-corrected chi connectivity index (χ4v) is 2.34. The summed E-state index contributed by atoms with van der Waals surface area (Å²) < 4.78 is 0. The van der Waals surface area contributed by atoms with Crippen molar-refractivity contribution in [3.63, 3.8) is 0 Å².